The molecule has 7 nitrogen and oxygen atoms in total. The molecule has 0 saturated heterocycles. The number of aryl methyl sites for hydroxylation is 1. The first-order valence-electron chi connectivity index (χ1n) is 10.1. The van der Waals surface area contributed by atoms with Crippen LogP contribution in [0.2, 0.25) is 0 Å². The molecular weight excluding hydrogens is 410 g/mol. The van der Waals surface area contributed by atoms with Crippen molar-refractivity contribution in [1.29, 1.82) is 0 Å². The van der Waals surface area contributed by atoms with E-state index in [1.165, 1.54) is 14.2 Å². The number of dihydropyridines is 1. The molecule has 1 atom stereocenters. The second-order valence-corrected chi connectivity index (χ2v) is 7.62. The van der Waals surface area contributed by atoms with Crippen LogP contribution in [0.25, 0.3) is 0 Å². The highest BCUT2D eigenvalue weighted by Crippen LogP contribution is 2.41. The van der Waals surface area contributed by atoms with Crippen LogP contribution in [0.15, 0.2) is 65.0 Å². The zero-order valence-corrected chi connectivity index (χ0v) is 18.8. The summed E-state index contributed by atoms with van der Waals surface area (Å²) < 4.78 is 16.3. The molecule has 0 saturated carbocycles. The SMILES string of the molecule is COc1ccc(C2C(C(=O)O)=C(C)NC(C)=C2C(=O)OCc2cccc(C)c2)cc1OC. The average Bonchev–Trinajstić information content (AvgIpc) is 2.76. The molecule has 0 bridgehead atoms. The van der Waals surface area contributed by atoms with Crippen molar-refractivity contribution >= 4 is 11.9 Å². The van der Waals surface area contributed by atoms with Crippen molar-refractivity contribution in [2.24, 2.45) is 0 Å². The Kier molecular flexibility index (Phi) is 6.88. The number of carboxylic acid groups (broad SMARTS) is 1. The Hall–Kier alpha value is -3.74. The number of allylic oxidation sites excluding steroid dienone is 2. The summed E-state index contributed by atoms with van der Waals surface area (Å²) in [4.78, 5) is 25.4. The highest BCUT2D eigenvalue weighted by atomic mass is 16.5. The first-order valence-corrected chi connectivity index (χ1v) is 10.1. The summed E-state index contributed by atoms with van der Waals surface area (Å²) in [6.45, 7) is 5.46. The maximum absolute atomic E-state index is 13.2. The molecule has 1 heterocycles. The molecule has 168 valence electrons. The first kappa shape index (κ1) is 22.9. The smallest absolute Gasteiger partial charge is 0.337 e. The van der Waals surface area contributed by atoms with Gasteiger partial charge < -0.3 is 24.6 Å². The van der Waals surface area contributed by atoms with Crippen molar-refractivity contribution in [2.45, 2.75) is 33.3 Å². The van der Waals surface area contributed by atoms with Gasteiger partial charge >= 0.3 is 11.9 Å². The third-order valence-electron chi connectivity index (χ3n) is 5.40. The fourth-order valence-electron chi connectivity index (χ4n) is 3.94. The number of hydrogen-bond donors (Lipinski definition) is 2. The van der Waals surface area contributed by atoms with Gasteiger partial charge in [0, 0.05) is 11.4 Å². The fraction of sp³-hybridized carbons (Fsp3) is 0.280. The van der Waals surface area contributed by atoms with Gasteiger partial charge in [0.2, 0.25) is 0 Å². The van der Waals surface area contributed by atoms with Crippen LogP contribution >= 0.6 is 0 Å². The van der Waals surface area contributed by atoms with E-state index in [1.54, 1.807) is 32.0 Å². The number of esters is 1. The van der Waals surface area contributed by atoms with E-state index in [1.807, 2.05) is 31.2 Å². The summed E-state index contributed by atoms with van der Waals surface area (Å²) in [5, 5.41) is 13.0. The minimum absolute atomic E-state index is 0.0744. The summed E-state index contributed by atoms with van der Waals surface area (Å²) in [5.74, 6) is -1.59. The van der Waals surface area contributed by atoms with Gasteiger partial charge in [0.15, 0.2) is 11.5 Å². The maximum atomic E-state index is 13.2. The van der Waals surface area contributed by atoms with Crippen molar-refractivity contribution in [3.8, 4) is 11.5 Å². The van der Waals surface area contributed by atoms with Crippen LogP contribution < -0.4 is 14.8 Å². The molecule has 7 heteroatoms. The zero-order chi connectivity index (χ0) is 23.4. The Labute approximate surface area is 187 Å². The Morgan fingerprint density at radius 2 is 1.62 bits per heavy atom. The van der Waals surface area contributed by atoms with Gasteiger partial charge in [0.1, 0.15) is 6.61 Å². The van der Waals surface area contributed by atoms with E-state index in [0.29, 0.717) is 28.5 Å². The van der Waals surface area contributed by atoms with Gasteiger partial charge in [-0.2, -0.15) is 0 Å². The molecule has 2 aromatic rings. The minimum atomic E-state index is -1.12. The molecule has 2 aromatic carbocycles. The molecular formula is C25H27NO6. The molecule has 0 amide bonds. The standard InChI is InChI=1S/C25H27NO6/c1-14-7-6-8-17(11-14)13-32-25(29)22-16(3)26-15(2)21(24(27)28)23(22)18-9-10-19(30-4)20(12-18)31-5/h6-12,23,26H,13H2,1-5H3,(H,27,28). The predicted octanol–water partition coefficient (Wildman–Crippen LogP) is 4.08. The van der Waals surface area contributed by atoms with Crippen molar-refractivity contribution in [3.63, 3.8) is 0 Å². The molecule has 2 N–H and O–H groups in total. The van der Waals surface area contributed by atoms with E-state index >= 15 is 0 Å². The molecule has 32 heavy (non-hydrogen) atoms. The summed E-state index contributed by atoms with van der Waals surface area (Å²) in [6, 6.07) is 12.8. The number of carbonyl (C=O) groups excluding carboxylic acids is 1. The van der Waals surface area contributed by atoms with Crippen LogP contribution in [-0.2, 0) is 20.9 Å². The number of ether oxygens (including phenoxy) is 3. The molecule has 0 aromatic heterocycles. The number of benzene rings is 2. The average molecular weight is 437 g/mol. The normalized spacial score (nSPS) is 15.8. The van der Waals surface area contributed by atoms with Crippen molar-refractivity contribution in [1.82, 2.24) is 5.32 Å². The van der Waals surface area contributed by atoms with Crippen LogP contribution in [0.4, 0.5) is 0 Å². The number of rotatable bonds is 7. The molecule has 1 aliphatic rings. The van der Waals surface area contributed by atoms with Gasteiger partial charge in [0.25, 0.3) is 0 Å². The number of hydrogen-bond acceptors (Lipinski definition) is 6. The third-order valence-corrected chi connectivity index (χ3v) is 5.40. The zero-order valence-electron chi connectivity index (χ0n) is 18.8. The largest absolute Gasteiger partial charge is 0.493 e. The second kappa shape index (κ2) is 9.60. The lowest BCUT2D eigenvalue weighted by atomic mass is 9.80. The lowest BCUT2D eigenvalue weighted by Gasteiger charge is -2.30. The van der Waals surface area contributed by atoms with Crippen molar-refractivity contribution in [3.05, 3.63) is 81.7 Å². The number of aliphatic carboxylic acids is 1. The quantitative estimate of drug-likeness (QED) is 0.631. The third kappa shape index (κ3) is 4.61. The maximum Gasteiger partial charge on any atom is 0.337 e. The van der Waals surface area contributed by atoms with E-state index in [4.69, 9.17) is 14.2 Å². The molecule has 1 aliphatic heterocycles. The number of carbonyl (C=O) groups is 2. The molecule has 3 rings (SSSR count). The summed E-state index contributed by atoms with van der Waals surface area (Å²) in [5.41, 5.74) is 3.82. The van der Waals surface area contributed by atoms with E-state index in [-0.39, 0.29) is 17.8 Å². The fourth-order valence-corrected chi connectivity index (χ4v) is 3.94. The molecule has 0 spiro atoms. The number of nitrogens with one attached hydrogen (secondary N) is 1. The first-order chi connectivity index (χ1) is 15.3. The Bertz CT molecular complexity index is 1120. The molecule has 0 radical (unpaired) electrons. The summed E-state index contributed by atoms with van der Waals surface area (Å²) in [7, 11) is 3.02. The molecule has 1 unspecified atom stereocenters. The Morgan fingerprint density at radius 3 is 2.25 bits per heavy atom. The second-order valence-electron chi connectivity index (χ2n) is 7.62. The molecule has 0 fully saturated rings. The van der Waals surface area contributed by atoms with E-state index < -0.39 is 17.9 Å². The van der Waals surface area contributed by atoms with E-state index in [2.05, 4.69) is 5.32 Å². The van der Waals surface area contributed by atoms with Gasteiger partial charge in [0.05, 0.1) is 31.3 Å². The van der Waals surface area contributed by atoms with Gasteiger partial charge in [-0.3, -0.25) is 0 Å². The van der Waals surface area contributed by atoms with Gasteiger partial charge in [-0.25, -0.2) is 9.59 Å². The van der Waals surface area contributed by atoms with Crippen LogP contribution in [0, 0.1) is 6.92 Å². The predicted molar refractivity (Wildman–Crippen MR) is 119 cm³/mol. The minimum Gasteiger partial charge on any atom is -0.493 e. The number of carboxylic acids is 1. The summed E-state index contributed by atoms with van der Waals surface area (Å²) >= 11 is 0. The lowest BCUT2D eigenvalue weighted by molar-refractivity contribution is -0.140. The Morgan fingerprint density at radius 1 is 0.938 bits per heavy atom. The van der Waals surface area contributed by atoms with Gasteiger partial charge in [-0.05, 0) is 44.0 Å². The van der Waals surface area contributed by atoms with E-state index in [0.717, 1.165) is 11.1 Å². The van der Waals surface area contributed by atoms with Crippen LogP contribution in [0.3, 0.4) is 0 Å². The molecule has 0 aliphatic carbocycles. The monoisotopic (exact) mass is 437 g/mol. The van der Waals surface area contributed by atoms with Gasteiger partial charge in [-0.1, -0.05) is 35.9 Å². The van der Waals surface area contributed by atoms with Crippen LogP contribution in [0.1, 0.15) is 36.5 Å². The van der Waals surface area contributed by atoms with Crippen molar-refractivity contribution < 1.29 is 28.9 Å². The van der Waals surface area contributed by atoms with Crippen LogP contribution in [0.5, 0.6) is 11.5 Å². The van der Waals surface area contributed by atoms with E-state index in [9.17, 15) is 14.7 Å². The number of methoxy groups -OCH3 is 2. The highest BCUT2D eigenvalue weighted by molar-refractivity contribution is 5.99. The Balaban J connectivity index is 2.03. The lowest BCUT2D eigenvalue weighted by Crippen LogP contribution is -2.31. The van der Waals surface area contributed by atoms with Gasteiger partial charge in [-0.15, -0.1) is 0 Å². The van der Waals surface area contributed by atoms with Crippen molar-refractivity contribution in [2.75, 3.05) is 14.2 Å². The van der Waals surface area contributed by atoms with Crippen LogP contribution in [-0.4, -0.2) is 31.3 Å². The highest BCUT2D eigenvalue weighted by Gasteiger charge is 2.37. The topological polar surface area (TPSA) is 94.1 Å². The summed E-state index contributed by atoms with van der Waals surface area (Å²) in [6.07, 6.45) is 0.